The molecule has 0 aliphatic carbocycles. The minimum Gasteiger partial charge on any atom is -0.497 e. The van der Waals surface area contributed by atoms with Gasteiger partial charge in [0.15, 0.2) is 5.79 Å². The fourth-order valence-corrected chi connectivity index (χ4v) is 3.05. The predicted octanol–water partition coefficient (Wildman–Crippen LogP) is 2.42. The van der Waals surface area contributed by atoms with Gasteiger partial charge in [0.05, 0.1) is 19.8 Å². The third-order valence-electron chi connectivity index (χ3n) is 4.16. The predicted molar refractivity (Wildman–Crippen MR) is 76.7 cm³/mol. The molecule has 1 atom stereocenters. The Morgan fingerprint density at radius 3 is 2.80 bits per heavy atom. The largest absolute Gasteiger partial charge is 0.497 e. The van der Waals surface area contributed by atoms with E-state index < -0.39 is 0 Å². The average molecular weight is 277 g/mol. The smallest absolute Gasteiger partial charge is 0.171 e. The molecule has 0 bridgehead atoms. The van der Waals surface area contributed by atoms with Crippen LogP contribution in [0, 0.1) is 0 Å². The number of nitrogens with zero attached hydrogens (tertiary/aromatic N) is 1. The lowest BCUT2D eigenvalue weighted by Gasteiger charge is -2.37. The van der Waals surface area contributed by atoms with E-state index in [0.29, 0.717) is 0 Å². The quantitative estimate of drug-likeness (QED) is 0.849. The number of hydrogen-bond acceptors (Lipinski definition) is 4. The topological polar surface area (TPSA) is 30.9 Å². The highest BCUT2D eigenvalue weighted by atomic mass is 16.7. The molecule has 0 N–H and O–H groups in total. The molecule has 2 aliphatic rings. The number of methoxy groups -OCH3 is 1. The minimum absolute atomic E-state index is 0.236. The van der Waals surface area contributed by atoms with E-state index in [9.17, 15) is 0 Å². The maximum absolute atomic E-state index is 5.96. The standard InChI is InChI=1S/C16H23NO3/c1-13-12-19-16(20-13)6-8-17(9-7-16)11-14-4-3-5-15(10-14)18-2/h3-5,10,13H,6-9,11-12H2,1-2H3/t13-/m1/s1. The van der Waals surface area contributed by atoms with Crippen molar-refractivity contribution in [2.45, 2.75) is 38.2 Å². The highest BCUT2D eigenvalue weighted by Crippen LogP contribution is 2.34. The Bertz CT molecular complexity index is 455. The van der Waals surface area contributed by atoms with E-state index >= 15 is 0 Å². The average Bonchev–Trinajstić information content (AvgIpc) is 2.83. The van der Waals surface area contributed by atoms with Crippen molar-refractivity contribution in [3.8, 4) is 5.75 Å². The van der Waals surface area contributed by atoms with E-state index in [1.807, 2.05) is 12.1 Å². The molecule has 20 heavy (non-hydrogen) atoms. The highest BCUT2D eigenvalue weighted by molar-refractivity contribution is 5.28. The molecule has 0 radical (unpaired) electrons. The van der Waals surface area contributed by atoms with Gasteiger partial charge in [-0.15, -0.1) is 0 Å². The van der Waals surface area contributed by atoms with Crippen molar-refractivity contribution >= 4 is 0 Å². The van der Waals surface area contributed by atoms with Gasteiger partial charge in [-0.3, -0.25) is 4.90 Å². The van der Waals surface area contributed by atoms with Gasteiger partial charge >= 0.3 is 0 Å². The van der Waals surface area contributed by atoms with Gasteiger partial charge in [0.1, 0.15) is 5.75 Å². The second-order valence-corrected chi connectivity index (χ2v) is 5.78. The van der Waals surface area contributed by atoms with Gasteiger partial charge in [0.2, 0.25) is 0 Å². The summed E-state index contributed by atoms with van der Waals surface area (Å²) in [5.74, 6) is 0.622. The van der Waals surface area contributed by atoms with Crippen LogP contribution in [0.2, 0.25) is 0 Å². The van der Waals surface area contributed by atoms with E-state index in [4.69, 9.17) is 14.2 Å². The van der Waals surface area contributed by atoms with E-state index in [0.717, 1.165) is 44.8 Å². The van der Waals surface area contributed by atoms with E-state index in [-0.39, 0.29) is 11.9 Å². The molecular weight excluding hydrogens is 254 g/mol. The number of benzene rings is 1. The van der Waals surface area contributed by atoms with Gasteiger partial charge in [-0.2, -0.15) is 0 Å². The Morgan fingerprint density at radius 2 is 2.15 bits per heavy atom. The van der Waals surface area contributed by atoms with Crippen LogP contribution in [0.1, 0.15) is 25.3 Å². The number of hydrogen-bond donors (Lipinski definition) is 0. The van der Waals surface area contributed by atoms with Crippen LogP contribution in [0.4, 0.5) is 0 Å². The van der Waals surface area contributed by atoms with Gasteiger partial charge in [-0.1, -0.05) is 12.1 Å². The monoisotopic (exact) mass is 277 g/mol. The van der Waals surface area contributed by atoms with Gasteiger partial charge in [-0.05, 0) is 24.6 Å². The second-order valence-electron chi connectivity index (χ2n) is 5.78. The fourth-order valence-electron chi connectivity index (χ4n) is 3.05. The molecule has 4 nitrogen and oxygen atoms in total. The van der Waals surface area contributed by atoms with Crippen molar-refractivity contribution < 1.29 is 14.2 Å². The first-order valence-electron chi connectivity index (χ1n) is 7.36. The van der Waals surface area contributed by atoms with Crippen molar-refractivity contribution in [3.63, 3.8) is 0 Å². The first-order valence-corrected chi connectivity index (χ1v) is 7.36. The molecule has 2 fully saturated rings. The molecule has 0 unspecified atom stereocenters. The van der Waals surface area contributed by atoms with Gasteiger partial charge in [0.25, 0.3) is 0 Å². The van der Waals surface area contributed by atoms with Crippen molar-refractivity contribution in [1.29, 1.82) is 0 Å². The number of ether oxygens (including phenoxy) is 3. The Hall–Kier alpha value is -1.10. The molecule has 1 aromatic carbocycles. The van der Waals surface area contributed by atoms with Crippen molar-refractivity contribution in [1.82, 2.24) is 4.90 Å². The summed E-state index contributed by atoms with van der Waals surface area (Å²) < 4.78 is 17.1. The zero-order valence-corrected chi connectivity index (χ0v) is 12.3. The van der Waals surface area contributed by atoms with Crippen molar-refractivity contribution in [2.24, 2.45) is 0 Å². The van der Waals surface area contributed by atoms with Crippen LogP contribution >= 0.6 is 0 Å². The lowest BCUT2D eigenvalue weighted by Crippen LogP contribution is -2.45. The molecule has 4 heteroatoms. The minimum atomic E-state index is -0.301. The van der Waals surface area contributed by atoms with Crippen LogP contribution < -0.4 is 4.74 Å². The van der Waals surface area contributed by atoms with E-state index in [1.54, 1.807) is 7.11 Å². The molecule has 0 saturated carbocycles. The summed E-state index contributed by atoms with van der Waals surface area (Å²) in [5.41, 5.74) is 1.29. The molecule has 0 amide bonds. The second kappa shape index (κ2) is 5.72. The lowest BCUT2D eigenvalue weighted by atomic mass is 10.0. The first-order chi connectivity index (χ1) is 9.69. The van der Waals surface area contributed by atoms with E-state index in [1.165, 1.54) is 5.56 Å². The van der Waals surface area contributed by atoms with Crippen LogP contribution in [0.5, 0.6) is 5.75 Å². The molecule has 110 valence electrons. The molecule has 3 rings (SSSR count). The SMILES string of the molecule is COc1cccc(CN2CCC3(CC2)OC[C@@H](C)O3)c1. The summed E-state index contributed by atoms with van der Waals surface area (Å²) >= 11 is 0. The van der Waals surface area contributed by atoms with Crippen molar-refractivity contribution in [2.75, 3.05) is 26.8 Å². The molecule has 2 aliphatic heterocycles. The number of likely N-dealkylation sites (tertiary alicyclic amines) is 1. The zero-order chi connectivity index (χ0) is 14.0. The third kappa shape index (κ3) is 2.97. The summed E-state index contributed by atoms with van der Waals surface area (Å²) in [4.78, 5) is 2.45. The summed E-state index contributed by atoms with van der Waals surface area (Å²) in [6, 6.07) is 8.29. The lowest BCUT2D eigenvalue weighted by molar-refractivity contribution is -0.194. The third-order valence-corrected chi connectivity index (χ3v) is 4.16. The summed E-state index contributed by atoms with van der Waals surface area (Å²) in [6.07, 6.45) is 2.16. The maximum atomic E-state index is 5.96. The Balaban J connectivity index is 1.56. The highest BCUT2D eigenvalue weighted by Gasteiger charge is 2.42. The summed E-state index contributed by atoms with van der Waals surface area (Å²) in [5, 5.41) is 0. The van der Waals surface area contributed by atoms with Gasteiger partial charge in [0, 0.05) is 32.5 Å². The molecule has 1 aromatic rings. The molecule has 0 aromatic heterocycles. The normalized spacial score (nSPS) is 26.0. The van der Waals surface area contributed by atoms with Crippen LogP contribution in [0.15, 0.2) is 24.3 Å². The van der Waals surface area contributed by atoms with Crippen LogP contribution in [-0.2, 0) is 16.0 Å². The maximum Gasteiger partial charge on any atom is 0.171 e. The molecule has 2 saturated heterocycles. The molecule has 2 heterocycles. The Kier molecular flexibility index (Phi) is 3.96. The zero-order valence-electron chi connectivity index (χ0n) is 12.3. The van der Waals surface area contributed by atoms with Gasteiger partial charge in [-0.25, -0.2) is 0 Å². The summed E-state index contributed by atoms with van der Waals surface area (Å²) in [7, 11) is 1.71. The van der Waals surface area contributed by atoms with Gasteiger partial charge < -0.3 is 14.2 Å². The molecule has 1 spiro atoms. The number of piperidine rings is 1. The van der Waals surface area contributed by atoms with Crippen LogP contribution in [0.3, 0.4) is 0 Å². The molecular formula is C16H23NO3. The Labute approximate surface area is 120 Å². The van der Waals surface area contributed by atoms with Crippen LogP contribution in [-0.4, -0.2) is 43.6 Å². The first kappa shape index (κ1) is 13.9. The van der Waals surface area contributed by atoms with E-state index in [2.05, 4.69) is 24.0 Å². The summed E-state index contributed by atoms with van der Waals surface area (Å²) in [6.45, 7) is 5.81. The van der Waals surface area contributed by atoms with Crippen molar-refractivity contribution in [3.05, 3.63) is 29.8 Å². The number of rotatable bonds is 3. The van der Waals surface area contributed by atoms with Crippen LogP contribution in [0.25, 0.3) is 0 Å². The Morgan fingerprint density at radius 1 is 1.35 bits per heavy atom. The fraction of sp³-hybridized carbons (Fsp3) is 0.625.